The molecule has 0 saturated heterocycles. The monoisotopic (exact) mass is 384 g/mol. The van der Waals surface area contributed by atoms with E-state index in [1.54, 1.807) is 36.4 Å². The third kappa shape index (κ3) is 5.71. The number of halogens is 3. The molecule has 0 heterocycles. The normalized spacial score (nSPS) is 10.3. The van der Waals surface area contributed by atoms with Gasteiger partial charge in [-0.15, -0.1) is 0 Å². The minimum Gasteiger partial charge on any atom is -0.354 e. The molecule has 0 aliphatic carbocycles. The van der Waals surface area contributed by atoms with Crippen LogP contribution < -0.4 is 10.6 Å². The van der Waals surface area contributed by atoms with E-state index >= 15 is 0 Å². The molecule has 2 rings (SSSR count). The Labute approximate surface area is 155 Å². The van der Waals surface area contributed by atoms with Crippen molar-refractivity contribution in [2.45, 2.75) is 6.42 Å². The standard InChI is InChI=1S/C17H15Cl3N2O2/c18-13-4-2-12(3-5-13)17(24)22-10-16(23)21-8-7-11-1-6-14(19)9-15(11)20/h1-6,9H,7-8,10H2,(H,21,23)(H,22,24). The Morgan fingerprint density at radius 1 is 0.875 bits per heavy atom. The highest BCUT2D eigenvalue weighted by Crippen LogP contribution is 2.21. The Kier molecular flexibility index (Phi) is 6.91. The van der Waals surface area contributed by atoms with Crippen LogP contribution in [-0.2, 0) is 11.2 Å². The van der Waals surface area contributed by atoms with Gasteiger partial charge in [-0.3, -0.25) is 9.59 Å². The van der Waals surface area contributed by atoms with E-state index < -0.39 is 0 Å². The van der Waals surface area contributed by atoms with Gasteiger partial charge < -0.3 is 10.6 Å². The van der Waals surface area contributed by atoms with Crippen molar-refractivity contribution in [1.82, 2.24) is 10.6 Å². The summed E-state index contributed by atoms with van der Waals surface area (Å²) >= 11 is 17.7. The fourth-order valence-corrected chi connectivity index (χ4v) is 2.62. The first-order chi connectivity index (χ1) is 11.5. The van der Waals surface area contributed by atoms with E-state index in [4.69, 9.17) is 34.8 Å². The maximum atomic E-state index is 11.9. The van der Waals surface area contributed by atoms with Gasteiger partial charge in [0.1, 0.15) is 0 Å². The summed E-state index contributed by atoms with van der Waals surface area (Å²) < 4.78 is 0. The lowest BCUT2D eigenvalue weighted by Gasteiger charge is -2.08. The van der Waals surface area contributed by atoms with Crippen LogP contribution in [0.3, 0.4) is 0 Å². The molecule has 4 nitrogen and oxygen atoms in total. The van der Waals surface area contributed by atoms with Crippen LogP contribution in [0.2, 0.25) is 15.1 Å². The van der Waals surface area contributed by atoms with Gasteiger partial charge in [-0.2, -0.15) is 0 Å². The topological polar surface area (TPSA) is 58.2 Å². The van der Waals surface area contributed by atoms with Gasteiger partial charge in [0.15, 0.2) is 0 Å². The number of hydrogen-bond donors (Lipinski definition) is 2. The lowest BCUT2D eigenvalue weighted by molar-refractivity contribution is -0.120. The number of hydrogen-bond acceptors (Lipinski definition) is 2. The van der Waals surface area contributed by atoms with Crippen molar-refractivity contribution in [3.05, 3.63) is 68.7 Å². The van der Waals surface area contributed by atoms with Crippen molar-refractivity contribution < 1.29 is 9.59 Å². The first kappa shape index (κ1) is 18.6. The number of nitrogens with one attached hydrogen (secondary N) is 2. The number of carbonyl (C=O) groups is 2. The molecule has 7 heteroatoms. The molecule has 126 valence electrons. The first-order valence-electron chi connectivity index (χ1n) is 7.20. The zero-order chi connectivity index (χ0) is 17.5. The fourth-order valence-electron chi connectivity index (χ4n) is 1.99. The quantitative estimate of drug-likeness (QED) is 0.796. The molecule has 0 radical (unpaired) electrons. The molecule has 0 saturated carbocycles. The molecule has 2 N–H and O–H groups in total. The second-order valence-corrected chi connectivity index (χ2v) is 6.31. The van der Waals surface area contributed by atoms with Crippen LogP contribution in [0.1, 0.15) is 15.9 Å². The molecule has 2 aromatic rings. The largest absolute Gasteiger partial charge is 0.354 e. The average Bonchev–Trinajstić information content (AvgIpc) is 2.55. The molecule has 0 aliphatic rings. The Morgan fingerprint density at radius 2 is 1.54 bits per heavy atom. The summed E-state index contributed by atoms with van der Waals surface area (Å²) in [5.74, 6) is -0.607. The van der Waals surface area contributed by atoms with Gasteiger partial charge in [-0.25, -0.2) is 0 Å². The fraction of sp³-hybridized carbons (Fsp3) is 0.176. The third-order valence-corrected chi connectivity index (χ3v) is 4.09. The molecule has 0 unspecified atom stereocenters. The third-order valence-electron chi connectivity index (χ3n) is 3.25. The van der Waals surface area contributed by atoms with E-state index in [9.17, 15) is 9.59 Å². The average molecular weight is 386 g/mol. The Bertz CT molecular complexity index is 733. The highest BCUT2D eigenvalue weighted by atomic mass is 35.5. The molecule has 0 atom stereocenters. The molecule has 0 bridgehead atoms. The second kappa shape index (κ2) is 8.92. The van der Waals surface area contributed by atoms with Crippen LogP contribution in [-0.4, -0.2) is 24.9 Å². The highest BCUT2D eigenvalue weighted by Gasteiger charge is 2.08. The van der Waals surface area contributed by atoms with E-state index in [-0.39, 0.29) is 18.4 Å². The predicted molar refractivity (Wildman–Crippen MR) is 97.0 cm³/mol. The van der Waals surface area contributed by atoms with Crippen LogP contribution in [0.25, 0.3) is 0 Å². The summed E-state index contributed by atoms with van der Waals surface area (Å²) in [5.41, 5.74) is 1.34. The zero-order valence-corrected chi connectivity index (χ0v) is 14.9. The minimum atomic E-state index is -0.331. The molecule has 0 spiro atoms. The van der Waals surface area contributed by atoms with Crippen molar-refractivity contribution in [2.75, 3.05) is 13.1 Å². The number of rotatable bonds is 6. The van der Waals surface area contributed by atoms with Crippen molar-refractivity contribution in [1.29, 1.82) is 0 Å². The van der Waals surface area contributed by atoms with E-state index in [2.05, 4.69) is 10.6 Å². The van der Waals surface area contributed by atoms with Crippen LogP contribution in [0.4, 0.5) is 0 Å². The van der Waals surface area contributed by atoms with Gasteiger partial charge in [0.25, 0.3) is 5.91 Å². The Balaban J connectivity index is 1.73. The van der Waals surface area contributed by atoms with Crippen LogP contribution in [0.15, 0.2) is 42.5 Å². The van der Waals surface area contributed by atoms with E-state index in [1.165, 1.54) is 0 Å². The van der Waals surface area contributed by atoms with Crippen molar-refractivity contribution in [2.24, 2.45) is 0 Å². The van der Waals surface area contributed by atoms with Crippen LogP contribution in [0.5, 0.6) is 0 Å². The highest BCUT2D eigenvalue weighted by molar-refractivity contribution is 6.35. The molecular weight excluding hydrogens is 371 g/mol. The molecule has 0 aromatic heterocycles. The van der Waals surface area contributed by atoms with Gasteiger partial charge >= 0.3 is 0 Å². The zero-order valence-electron chi connectivity index (χ0n) is 12.6. The summed E-state index contributed by atoms with van der Waals surface area (Å²) in [6.45, 7) is 0.312. The molecule has 2 aromatic carbocycles. The Hall–Kier alpha value is -1.75. The maximum absolute atomic E-state index is 11.9. The van der Waals surface area contributed by atoms with E-state index in [1.807, 2.05) is 6.07 Å². The predicted octanol–water partition coefficient (Wildman–Crippen LogP) is 3.74. The number of carbonyl (C=O) groups excluding carboxylic acids is 2. The van der Waals surface area contributed by atoms with Crippen LogP contribution in [0, 0.1) is 0 Å². The number of amides is 2. The maximum Gasteiger partial charge on any atom is 0.251 e. The molecule has 0 fully saturated rings. The van der Waals surface area contributed by atoms with Crippen molar-refractivity contribution in [3.63, 3.8) is 0 Å². The van der Waals surface area contributed by atoms with Gasteiger partial charge in [-0.1, -0.05) is 40.9 Å². The lowest BCUT2D eigenvalue weighted by atomic mass is 10.1. The minimum absolute atomic E-state index is 0.101. The number of benzene rings is 2. The summed E-state index contributed by atoms with van der Waals surface area (Å²) in [6.07, 6.45) is 0.576. The van der Waals surface area contributed by atoms with E-state index in [0.29, 0.717) is 33.6 Å². The van der Waals surface area contributed by atoms with Gasteiger partial charge in [0.05, 0.1) is 6.54 Å². The first-order valence-corrected chi connectivity index (χ1v) is 8.33. The SMILES string of the molecule is O=C(CNC(=O)c1ccc(Cl)cc1)NCCc1ccc(Cl)cc1Cl. The molecule has 24 heavy (non-hydrogen) atoms. The van der Waals surface area contributed by atoms with Gasteiger partial charge in [0.2, 0.25) is 5.91 Å². The lowest BCUT2D eigenvalue weighted by Crippen LogP contribution is -2.37. The summed E-state index contributed by atoms with van der Waals surface area (Å²) in [4.78, 5) is 23.6. The molecular formula is C17H15Cl3N2O2. The van der Waals surface area contributed by atoms with E-state index in [0.717, 1.165) is 5.56 Å². The van der Waals surface area contributed by atoms with Crippen molar-refractivity contribution >= 4 is 46.6 Å². The van der Waals surface area contributed by atoms with Gasteiger partial charge in [0, 0.05) is 27.2 Å². The summed E-state index contributed by atoms with van der Waals surface area (Å²) in [6, 6.07) is 11.7. The molecule has 2 amide bonds. The Morgan fingerprint density at radius 3 is 2.21 bits per heavy atom. The van der Waals surface area contributed by atoms with Gasteiger partial charge in [-0.05, 0) is 48.4 Å². The molecule has 0 aliphatic heterocycles. The summed E-state index contributed by atoms with van der Waals surface area (Å²) in [5, 5.41) is 6.95. The van der Waals surface area contributed by atoms with Crippen molar-refractivity contribution in [3.8, 4) is 0 Å². The smallest absolute Gasteiger partial charge is 0.251 e. The summed E-state index contributed by atoms with van der Waals surface area (Å²) in [7, 11) is 0. The second-order valence-electron chi connectivity index (χ2n) is 5.03. The van der Waals surface area contributed by atoms with Crippen LogP contribution >= 0.6 is 34.8 Å².